The summed E-state index contributed by atoms with van der Waals surface area (Å²) in [6.07, 6.45) is 6.03. The molecule has 0 radical (unpaired) electrons. The Balaban J connectivity index is 1.28. The van der Waals surface area contributed by atoms with Gasteiger partial charge in [-0.15, -0.1) is 0 Å². The molecule has 9 heteroatoms. The summed E-state index contributed by atoms with van der Waals surface area (Å²) in [6, 6.07) is 18.0. The number of carbonyl (C=O) groups excluding carboxylic acids is 3. The van der Waals surface area contributed by atoms with Gasteiger partial charge in [0.1, 0.15) is 11.5 Å². The van der Waals surface area contributed by atoms with Gasteiger partial charge in [-0.3, -0.25) is 0 Å². The van der Waals surface area contributed by atoms with Crippen molar-refractivity contribution in [2.45, 2.75) is 25.7 Å². The maximum Gasteiger partial charge on any atom is 0.343 e. The molecule has 0 heterocycles. The fourth-order valence-electron chi connectivity index (χ4n) is 3.53. The van der Waals surface area contributed by atoms with E-state index in [2.05, 4.69) is 0 Å². The molecule has 3 rings (SSSR count). The average Bonchev–Trinajstić information content (AvgIpc) is 2.93. The summed E-state index contributed by atoms with van der Waals surface area (Å²) in [5, 5.41) is 0. The Morgan fingerprint density at radius 2 is 1.28 bits per heavy atom. The van der Waals surface area contributed by atoms with Gasteiger partial charge in [-0.2, -0.15) is 0 Å². The Bertz CT molecular complexity index is 1270. The molecule has 3 aromatic carbocycles. The van der Waals surface area contributed by atoms with E-state index < -0.39 is 17.9 Å². The largest absolute Gasteiger partial charge is 0.497 e. The summed E-state index contributed by atoms with van der Waals surface area (Å²) in [4.78, 5) is 36.2. The summed E-state index contributed by atoms with van der Waals surface area (Å²) < 4.78 is 20.9. The molecule has 0 bridgehead atoms. The molecule has 0 saturated heterocycles. The van der Waals surface area contributed by atoms with E-state index in [1.165, 1.54) is 18.2 Å². The number of anilines is 2. The summed E-state index contributed by atoms with van der Waals surface area (Å²) in [7, 11) is 1.55. The number of hydrogen-bond acceptors (Lipinski definition) is 9. The molecule has 0 aliphatic heterocycles. The van der Waals surface area contributed by atoms with Crippen molar-refractivity contribution in [1.82, 2.24) is 0 Å². The van der Waals surface area contributed by atoms with Crippen LogP contribution in [0.3, 0.4) is 0 Å². The second kappa shape index (κ2) is 14.8. The molecule has 39 heavy (non-hydrogen) atoms. The molecule has 3 aromatic rings. The number of hydrogen-bond donors (Lipinski definition) is 2. The zero-order valence-electron chi connectivity index (χ0n) is 21.8. The van der Waals surface area contributed by atoms with E-state index >= 15 is 0 Å². The van der Waals surface area contributed by atoms with E-state index in [0.29, 0.717) is 53.4 Å². The van der Waals surface area contributed by atoms with Crippen LogP contribution in [-0.4, -0.2) is 38.2 Å². The van der Waals surface area contributed by atoms with E-state index in [1.807, 2.05) is 0 Å². The van der Waals surface area contributed by atoms with Gasteiger partial charge in [-0.05, 0) is 91.9 Å². The number of carbonyl (C=O) groups is 3. The molecule has 0 aromatic heterocycles. The summed E-state index contributed by atoms with van der Waals surface area (Å²) in [5.74, 6) is -0.341. The number of nitrogens with two attached hydrogens (primary N) is 2. The molecule has 0 amide bonds. The molecule has 9 nitrogen and oxygen atoms in total. The second-order valence-electron chi connectivity index (χ2n) is 8.63. The quantitative estimate of drug-likeness (QED) is 0.102. The lowest BCUT2D eigenvalue weighted by Crippen LogP contribution is -2.08. The van der Waals surface area contributed by atoms with E-state index in [0.717, 1.165) is 18.4 Å². The average molecular weight is 533 g/mol. The van der Waals surface area contributed by atoms with Gasteiger partial charge in [0.05, 0.1) is 31.5 Å². The Kier molecular flexibility index (Phi) is 10.9. The van der Waals surface area contributed by atoms with E-state index in [9.17, 15) is 14.4 Å². The number of benzene rings is 3. The Morgan fingerprint density at radius 3 is 1.90 bits per heavy atom. The molecule has 0 aliphatic rings. The van der Waals surface area contributed by atoms with Crippen LogP contribution in [0.2, 0.25) is 0 Å². The maximum atomic E-state index is 12.2. The van der Waals surface area contributed by atoms with Crippen LogP contribution in [0, 0.1) is 0 Å². The van der Waals surface area contributed by atoms with Crippen LogP contribution in [0.25, 0.3) is 6.08 Å². The van der Waals surface area contributed by atoms with Crippen LogP contribution in [0.4, 0.5) is 11.4 Å². The number of nitrogen functional groups attached to an aromatic ring is 2. The van der Waals surface area contributed by atoms with Gasteiger partial charge in [0.15, 0.2) is 0 Å². The van der Waals surface area contributed by atoms with Crippen LogP contribution in [0.15, 0.2) is 72.8 Å². The SMILES string of the molecule is COc1ccc(C(=O)Oc2ccc(/C=C/C(=O)OCCCCCCOC(=O)c3cc(N)cc(N)c3)cc2)cc1. The number of methoxy groups -OCH3 is 1. The highest BCUT2D eigenvalue weighted by molar-refractivity contribution is 5.92. The van der Waals surface area contributed by atoms with Gasteiger partial charge in [0.2, 0.25) is 0 Å². The first-order valence-corrected chi connectivity index (χ1v) is 12.5. The number of ether oxygens (including phenoxy) is 4. The maximum absolute atomic E-state index is 12.2. The topological polar surface area (TPSA) is 140 Å². The smallest absolute Gasteiger partial charge is 0.343 e. The lowest BCUT2D eigenvalue weighted by atomic mass is 10.2. The van der Waals surface area contributed by atoms with Crippen LogP contribution >= 0.6 is 0 Å². The lowest BCUT2D eigenvalue weighted by Gasteiger charge is -2.07. The summed E-state index contributed by atoms with van der Waals surface area (Å²) in [5.41, 5.74) is 13.7. The van der Waals surface area contributed by atoms with Gasteiger partial charge in [-0.1, -0.05) is 12.1 Å². The van der Waals surface area contributed by atoms with Crippen molar-refractivity contribution in [3.8, 4) is 11.5 Å². The molecular weight excluding hydrogens is 500 g/mol. The van der Waals surface area contributed by atoms with Crippen molar-refractivity contribution in [2.75, 3.05) is 31.8 Å². The monoisotopic (exact) mass is 532 g/mol. The second-order valence-corrected chi connectivity index (χ2v) is 8.63. The fraction of sp³-hybridized carbons (Fsp3) is 0.233. The normalized spacial score (nSPS) is 10.7. The van der Waals surface area contributed by atoms with Gasteiger partial charge in [0, 0.05) is 17.5 Å². The predicted molar refractivity (Wildman–Crippen MR) is 148 cm³/mol. The molecule has 204 valence electrons. The molecule has 0 fully saturated rings. The molecule has 0 aliphatic carbocycles. The van der Waals surface area contributed by atoms with Gasteiger partial charge in [0.25, 0.3) is 0 Å². The molecule has 4 N–H and O–H groups in total. The van der Waals surface area contributed by atoms with Crippen molar-refractivity contribution in [3.63, 3.8) is 0 Å². The fourth-order valence-corrected chi connectivity index (χ4v) is 3.53. The molecule has 0 spiro atoms. The van der Waals surface area contributed by atoms with Gasteiger partial charge < -0.3 is 30.4 Å². The van der Waals surface area contributed by atoms with Crippen molar-refractivity contribution >= 4 is 35.4 Å². The first-order chi connectivity index (χ1) is 18.8. The highest BCUT2D eigenvalue weighted by Gasteiger charge is 2.10. The van der Waals surface area contributed by atoms with E-state index in [-0.39, 0.29) is 6.61 Å². The lowest BCUT2D eigenvalue weighted by molar-refractivity contribution is -0.137. The Labute approximate surface area is 227 Å². The molecular formula is C30H32N2O7. The van der Waals surface area contributed by atoms with Crippen molar-refractivity contribution in [3.05, 3.63) is 89.5 Å². The minimum atomic E-state index is -0.478. The third kappa shape index (κ3) is 9.88. The number of esters is 3. The zero-order chi connectivity index (χ0) is 28.0. The minimum absolute atomic E-state index is 0.287. The van der Waals surface area contributed by atoms with Crippen LogP contribution in [0.1, 0.15) is 52.0 Å². The van der Waals surface area contributed by atoms with Crippen LogP contribution in [0.5, 0.6) is 11.5 Å². The first kappa shape index (κ1) is 28.8. The van der Waals surface area contributed by atoms with Gasteiger partial charge in [-0.25, -0.2) is 14.4 Å². The molecule has 0 atom stereocenters. The van der Waals surface area contributed by atoms with Crippen molar-refractivity contribution < 1.29 is 33.3 Å². The molecule has 0 saturated carbocycles. The van der Waals surface area contributed by atoms with E-state index in [4.69, 9.17) is 30.4 Å². The number of rotatable bonds is 13. The Hall–Kier alpha value is -4.79. The van der Waals surface area contributed by atoms with Crippen molar-refractivity contribution in [2.24, 2.45) is 0 Å². The third-order valence-electron chi connectivity index (χ3n) is 5.56. The van der Waals surface area contributed by atoms with Crippen LogP contribution < -0.4 is 20.9 Å². The standard InChI is InChI=1S/C30H32N2O7/c1-36-26-13-9-22(10-14-26)30(35)39-27-11-6-21(7-12-27)8-15-28(33)37-16-4-2-3-5-17-38-29(34)23-18-24(31)20-25(32)19-23/h6-15,18-20H,2-5,16-17,31-32H2,1H3/b15-8+. The highest BCUT2D eigenvalue weighted by Crippen LogP contribution is 2.18. The van der Waals surface area contributed by atoms with Crippen molar-refractivity contribution in [1.29, 1.82) is 0 Å². The van der Waals surface area contributed by atoms with Crippen LogP contribution in [-0.2, 0) is 14.3 Å². The predicted octanol–water partition coefficient (Wildman–Crippen LogP) is 5.05. The highest BCUT2D eigenvalue weighted by atomic mass is 16.5. The van der Waals surface area contributed by atoms with Gasteiger partial charge >= 0.3 is 17.9 Å². The Morgan fingerprint density at radius 1 is 0.692 bits per heavy atom. The minimum Gasteiger partial charge on any atom is -0.497 e. The number of unbranched alkanes of at least 4 members (excludes halogenated alkanes) is 3. The molecule has 0 unspecified atom stereocenters. The first-order valence-electron chi connectivity index (χ1n) is 12.5. The third-order valence-corrected chi connectivity index (χ3v) is 5.56. The summed E-state index contributed by atoms with van der Waals surface area (Å²) >= 11 is 0. The zero-order valence-corrected chi connectivity index (χ0v) is 21.8. The summed E-state index contributed by atoms with van der Waals surface area (Å²) in [6.45, 7) is 0.585. The van der Waals surface area contributed by atoms with E-state index in [1.54, 1.807) is 67.8 Å².